The van der Waals surface area contributed by atoms with E-state index in [-0.39, 0.29) is 17.0 Å². The lowest BCUT2D eigenvalue weighted by Gasteiger charge is -2.36. The summed E-state index contributed by atoms with van der Waals surface area (Å²) in [6.45, 7) is 10.7. The van der Waals surface area contributed by atoms with Crippen LogP contribution >= 0.6 is 24.0 Å². The fraction of sp³-hybridized carbons (Fsp3) is 0.429. The third-order valence-corrected chi connectivity index (χ3v) is 8.24. The molecule has 1 amide bonds. The Balaban J connectivity index is 1.81. The summed E-state index contributed by atoms with van der Waals surface area (Å²) >= 11 is 6.87. The van der Waals surface area contributed by atoms with Crippen LogP contribution in [0.1, 0.15) is 60.9 Å². The Labute approximate surface area is 222 Å². The summed E-state index contributed by atoms with van der Waals surface area (Å²) in [5.74, 6) is 1.17. The molecule has 1 aromatic carbocycles. The van der Waals surface area contributed by atoms with Crippen molar-refractivity contribution in [2.45, 2.75) is 60.0 Å². The van der Waals surface area contributed by atoms with E-state index in [9.17, 15) is 14.9 Å². The van der Waals surface area contributed by atoms with Crippen LogP contribution in [0.3, 0.4) is 0 Å². The molecule has 2 fully saturated rings. The van der Waals surface area contributed by atoms with Crippen LogP contribution in [-0.4, -0.2) is 32.8 Å². The van der Waals surface area contributed by atoms with Gasteiger partial charge in [0.05, 0.1) is 11.4 Å². The van der Waals surface area contributed by atoms with Gasteiger partial charge in [-0.1, -0.05) is 67.7 Å². The van der Waals surface area contributed by atoms with Crippen molar-refractivity contribution in [2.75, 3.05) is 18.0 Å². The number of nitrogens with zero attached hydrogens (tertiary/aromatic N) is 4. The van der Waals surface area contributed by atoms with Crippen LogP contribution in [0.4, 0.5) is 5.82 Å². The molecule has 2 saturated heterocycles. The lowest BCUT2D eigenvalue weighted by molar-refractivity contribution is -0.122. The van der Waals surface area contributed by atoms with Crippen molar-refractivity contribution in [3.63, 3.8) is 0 Å². The average Bonchev–Trinajstić information content (AvgIpc) is 3.11. The van der Waals surface area contributed by atoms with Crippen LogP contribution in [0, 0.1) is 31.1 Å². The van der Waals surface area contributed by atoms with Crippen LogP contribution in [0.15, 0.2) is 34.0 Å². The fourth-order valence-electron chi connectivity index (χ4n) is 4.94. The maximum atomic E-state index is 13.5. The smallest absolute Gasteiger partial charge is 0.270 e. The second-order valence-corrected chi connectivity index (χ2v) is 11.4. The SMILES string of the molecule is CCCn1c(N2CCCC(C)C2)c(C=C2SC(=S)N(Cc3ccc(C)cc3)C2=O)c(C)c(C#N)c1=O. The number of rotatable bonds is 6. The van der Waals surface area contributed by atoms with Crippen LogP contribution in [-0.2, 0) is 17.9 Å². The van der Waals surface area contributed by atoms with Gasteiger partial charge in [-0.15, -0.1) is 0 Å². The number of thioether (sulfide) groups is 1. The molecule has 0 spiro atoms. The first kappa shape index (κ1) is 26.2. The Morgan fingerprint density at radius 2 is 1.94 bits per heavy atom. The van der Waals surface area contributed by atoms with E-state index in [0.29, 0.717) is 33.8 Å². The van der Waals surface area contributed by atoms with Crippen LogP contribution < -0.4 is 10.5 Å². The molecule has 0 N–H and O–H groups in total. The zero-order valence-electron chi connectivity index (χ0n) is 21.3. The minimum atomic E-state index is -0.255. The molecule has 0 aliphatic carbocycles. The van der Waals surface area contributed by atoms with E-state index in [1.54, 1.807) is 9.47 Å². The summed E-state index contributed by atoms with van der Waals surface area (Å²) in [5.41, 5.74) is 3.44. The molecule has 6 nitrogen and oxygen atoms in total. The Kier molecular flexibility index (Phi) is 8.01. The lowest BCUT2D eigenvalue weighted by Crippen LogP contribution is -2.40. The molecule has 2 aliphatic rings. The van der Waals surface area contributed by atoms with Crippen LogP contribution in [0.25, 0.3) is 6.08 Å². The van der Waals surface area contributed by atoms with Crippen molar-refractivity contribution in [1.82, 2.24) is 9.47 Å². The zero-order chi connectivity index (χ0) is 26.0. The molecule has 36 heavy (non-hydrogen) atoms. The molecule has 0 bridgehead atoms. The number of piperidine rings is 1. The van der Waals surface area contributed by atoms with E-state index < -0.39 is 0 Å². The van der Waals surface area contributed by atoms with E-state index in [0.717, 1.165) is 54.9 Å². The maximum Gasteiger partial charge on any atom is 0.270 e. The summed E-state index contributed by atoms with van der Waals surface area (Å²) in [4.78, 5) is 31.2. The van der Waals surface area contributed by atoms with Gasteiger partial charge in [0.1, 0.15) is 21.8 Å². The highest BCUT2D eigenvalue weighted by Gasteiger charge is 2.33. The van der Waals surface area contributed by atoms with Crippen molar-refractivity contribution in [1.29, 1.82) is 5.26 Å². The predicted octanol–water partition coefficient (Wildman–Crippen LogP) is 5.38. The minimum Gasteiger partial charge on any atom is -0.357 e. The molecular weight excluding hydrogens is 488 g/mol. The number of thiocarbonyl (C=S) groups is 1. The highest BCUT2D eigenvalue weighted by Crippen LogP contribution is 2.37. The molecule has 1 aromatic heterocycles. The molecule has 2 aromatic rings. The second-order valence-electron chi connectivity index (χ2n) is 9.75. The van der Waals surface area contributed by atoms with Crippen molar-refractivity contribution >= 4 is 46.1 Å². The van der Waals surface area contributed by atoms with Crippen molar-refractivity contribution < 1.29 is 4.79 Å². The first-order valence-electron chi connectivity index (χ1n) is 12.5. The van der Waals surface area contributed by atoms with Gasteiger partial charge in [0.25, 0.3) is 11.5 Å². The van der Waals surface area contributed by atoms with Gasteiger partial charge >= 0.3 is 0 Å². The Morgan fingerprint density at radius 1 is 1.22 bits per heavy atom. The zero-order valence-corrected chi connectivity index (χ0v) is 23.0. The third kappa shape index (κ3) is 5.14. The molecule has 1 atom stereocenters. The van der Waals surface area contributed by atoms with Crippen molar-refractivity contribution in [2.24, 2.45) is 5.92 Å². The summed E-state index contributed by atoms with van der Waals surface area (Å²) < 4.78 is 2.25. The quantitative estimate of drug-likeness (QED) is 0.376. The number of carbonyl (C=O) groups is 1. The molecule has 3 heterocycles. The topological polar surface area (TPSA) is 69.3 Å². The number of carbonyl (C=O) groups excluding carboxylic acids is 1. The summed E-state index contributed by atoms with van der Waals surface area (Å²) in [6, 6.07) is 10.2. The average molecular weight is 521 g/mol. The number of pyridine rings is 1. The molecule has 1 unspecified atom stereocenters. The summed E-state index contributed by atoms with van der Waals surface area (Å²) in [7, 11) is 0. The fourth-order valence-corrected chi connectivity index (χ4v) is 6.18. The number of amides is 1. The van der Waals surface area contributed by atoms with E-state index in [4.69, 9.17) is 12.2 Å². The highest BCUT2D eigenvalue weighted by molar-refractivity contribution is 8.26. The number of aryl methyl sites for hydroxylation is 1. The van der Waals surface area contributed by atoms with Gasteiger partial charge in [-0.25, -0.2) is 0 Å². The highest BCUT2D eigenvalue weighted by atomic mass is 32.2. The van der Waals surface area contributed by atoms with Crippen molar-refractivity contribution in [3.8, 4) is 6.07 Å². The monoisotopic (exact) mass is 520 g/mol. The van der Waals surface area contributed by atoms with Gasteiger partial charge < -0.3 is 4.90 Å². The normalized spacial score (nSPS) is 19.3. The number of hydrogen-bond acceptors (Lipinski definition) is 6. The Morgan fingerprint density at radius 3 is 2.58 bits per heavy atom. The largest absolute Gasteiger partial charge is 0.357 e. The molecule has 8 heteroatoms. The number of nitriles is 1. The van der Waals surface area contributed by atoms with Crippen molar-refractivity contribution in [3.05, 3.63) is 67.3 Å². The predicted molar refractivity (Wildman–Crippen MR) is 151 cm³/mol. The second kappa shape index (κ2) is 11.0. The van der Waals surface area contributed by atoms with Gasteiger partial charge in [0, 0.05) is 25.2 Å². The van der Waals surface area contributed by atoms with E-state index in [1.807, 2.05) is 51.1 Å². The molecule has 0 saturated carbocycles. The number of hydrogen-bond donors (Lipinski definition) is 0. The summed E-state index contributed by atoms with van der Waals surface area (Å²) in [6.07, 6.45) is 4.81. The Hall–Kier alpha value is -2.89. The molecule has 188 valence electrons. The molecule has 0 radical (unpaired) electrons. The van der Waals surface area contributed by atoms with Gasteiger partial charge in [-0.05, 0) is 56.2 Å². The standard InChI is InChI=1S/C28H32N4O2S2/c1-5-12-31-25(30-13-6-7-19(3)16-30)22(20(4)23(15-29)26(31)33)14-24-27(34)32(28(35)36-24)17-21-10-8-18(2)9-11-21/h8-11,14,19H,5-7,12-13,16-17H2,1-4H3. The first-order valence-corrected chi connectivity index (χ1v) is 13.7. The minimum absolute atomic E-state index is 0.138. The van der Waals surface area contributed by atoms with Gasteiger partial charge in [-0.2, -0.15) is 5.26 Å². The van der Waals surface area contributed by atoms with Gasteiger partial charge in [-0.3, -0.25) is 19.1 Å². The third-order valence-electron chi connectivity index (χ3n) is 6.86. The summed E-state index contributed by atoms with van der Waals surface area (Å²) in [5, 5.41) is 9.84. The number of benzene rings is 1. The molecule has 4 rings (SSSR count). The van der Waals surface area contributed by atoms with E-state index >= 15 is 0 Å². The van der Waals surface area contributed by atoms with Crippen LogP contribution in [0.5, 0.6) is 0 Å². The number of aromatic nitrogens is 1. The number of anilines is 1. The van der Waals surface area contributed by atoms with Gasteiger partial charge in [0.2, 0.25) is 0 Å². The van der Waals surface area contributed by atoms with E-state index in [1.165, 1.54) is 11.8 Å². The van der Waals surface area contributed by atoms with Crippen LogP contribution in [0.2, 0.25) is 0 Å². The van der Waals surface area contributed by atoms with E-state index in [2.05, 4.69) is 17.9 Å². The van der Waals surface area contributed by atoms with Gasteiger partial charge in [0.15, 0.2) is 0 Å². The Bertz CT molecular complexity index is 1320. The lowest BCUT2D eigenvalue weighted by atomic mass is 9.98. The first-order chi connectivity index (χ1) is 17.2. The molecule has 2 aliphatic heterocycles. The molecular formula is C28H32N4O2S2. The maximum absolute atomic E-state index is 13.5.